The summed E-state index contributed by atoms with van der Waals surface area (Å²) in [4.78, 5) is 38.6. The molecule has 0 atom stereocenters. The van der Waals surface area contributed by atoms with Gasteiger partial charge in [0, 0.05) is 29.0 Å². The van der Waals surface area contributed by atoms with E-state index in [9.17, 15) is 22.8 Å². The standard InChI is InChI=1S/C23H23BrN2O6S/c1-32-23(29)16-4-2-3-5-18(16)25-21(27)9-11-33(30,31)20-13-19-15(12-17(20)24)8-10-26(19)22(28)14-6-7-14/h2-5,12-14H,6-11H2,1H3,(H,25,27). The predicted octanol–water partition coefficient (Wildman–Crippen LogP) is 3.34. The molecular weight excluding hydrogens is 512 g/mol. The Labute approximate surface area is 200 Å². The lowest BCUT2D eigenvalue weighted by Crippen LogP contribution is -2.30. The van der Waals surface area contributed by atoms with E-state index in [4.69, 9.17) is 4.74 Å². The molecule has 0 aromatic heterocycles. The number of fused-ring (bicyclic) bond motifs is 1. The highest BCUT2D eigenvalue weighted by Gasteiger charge is 2.37. The lowest BCUT2D eigenvalue weighted by Gasteiger charge is -2.18. The molecule has 2 amide bonds. The Hall–Kier alpha value is -2.72. The van der Waals surface area contributed by atoms with Crippen LogP contribution < -0.4 is 10.2 Å². The summed E-state index contributed by atoms with van der Waals surface area (Å²) in [5.74, 6) is -1.49. The van der Waals surface area contributed by atoms with Crippen molar-refractivity contribution >= 4 is 54.9 Å². The summed E-state index contributed by atoms with van der Waals surface area (Å²) in [6.45, 7) is 0.544. The van der Waals surface area contributed by atoms with Crippen molar-refractivity contribution in [1.29, 1.82) is 0 Å². The van der Waals surface area contributed by atoms with Crippen LogP contribution in [-0.2, 0) is 30.6 Å². The number of halogens is 1. The fourth-order valence-corrected chi connectivity index (χ4v) is 6.29. The van der Waals surface area contributed by atoms with E-state index < -0.39 is 27.5 Å². The van der Waals surface area contributed by atoms with Gasteiger partial charge in [-0.3, -0.25) is 9.59 Å². The quantitative estimate of drug-likeness (QED) is 0.545. The molecule has 2 aliphatic rings. The van der Waals surface area contributed by atoms with Crippen molar-refractivity contribution in [2.45, 2.75) is 30.6 Å². The molecule has 2 aromatic carbocycles. The van der Waals surface area contributed by atoms with Gasteiger partial charge in [0.2, 0.25) is 11.8 Å². The third-order valence-corrected chi connectivity index (χ3v) is 8.43. The molecule has 0 spiro atoms. The number of para-hydroxylation sites is 1. The normalized spacial score (nSPS) is 15.2. The molecule has 8 nitrogen and oxygen atoms in total. The van der Waals surface area contributed by atoms with Gasteiger partial charge >= 0.3 is 5.97 Å². The van der Waals surface area contributed by atoms with Crippen LogP contribution in [0.4, 0.5) is 11.4 Å². The molecule has 2 aromatic rings. The fourth-order valence-electron chi connectivity index (χ4n) is 3.84. The topological polar surface area (TPSA) is 110 Å². The molecule has 0 radical (unpaired) electrons. The minimum Gasteiger partial charge on any atom is -0.465 e. The van der Waals surface area contributed by atoms with E-state index in [1.54, 1.807) is 29.2 Å². The van der Waals surface area contributed by atoms with E-state index in [0.717, 1.165) is 18.4 Å². The van der Waals surface area contributed by atoms with E-state index in [2.05, 4.69) is 21.2 Å². The number of hydrogen-bond acceptors (Lipinski definition) is 6. The van der Waals surface area contributed by atoms with Crippen molar-refractivity contribution in [2.75, 3.05) is 29.6 Å². The van der Waals surface area contributed by atoms with Gasteiger partial charge in [0.1, 0.15) is 0 Å². The van der Waals surface area contributed by atoms with Gasteiger partial charge in [-0.1, -0.05) is 12.1 Å². The van der Waals surface area contributed by atoms with Crippen molar-refractivity contribution in [3.63, 3.8) is 0 Å². The van der Waals surface area contributed by atoms with Gasteiger partial charge in [0.25, 0.3) is 0 Å². The molecule has 1 fully saturated rings. The molecule has 10 heteroatoms. The van der Waals surface area contributed by atoms with Gasteiger partial charge in [-0.2, -0.15) is 0 Å². The number of amides is 2. The van der Waals surface area contributed by atoms with Gasteiger partial charge in [-0.05, 0) is 65.0 Å². The van der Waals surface area contributed by atoms with E-state index in [1.807, 2.05) is 0 Å². The number of benzene rings is 2. The second-order valence-electron chi connectivity index (χ2n) is 8.08. The number of nitrogens with zero attached hydrogens (tertiary/aromatic N) is 1. The predicted molar refractivity (Wildman–Crippen MR) is 126 cm³/mol. The van der Waals surface area contributed by atoms with E-state index in [-0.39, 0.29) is 34.4 Å². The average Bonchev–Trinajstić information content (AvgIpc) is 3.57. The number of hydrogen-bond donors (Lipinski definition) is 1. The minimum atomic E-state index is -3.82. The number of carbonyl (C=O) groups excluding carboxylic acids is 3. The van der Waals surface area contributed by atoms with Crippen molar-refractivity contribution in [3.8, 4) is 0 Å². The summed E-state index contributed by atoms with van der Waals surface area (Å²) in [6, 6.07) is 9.61. The summed E-state index contributed by atoms with van der Waals surface area (Å²) in [5.41, 5.74) is 1.98. The molecule has 1 aliphatic carbocycles. The van der Waals surface area contributed by atoms with Gasteiger partial charge < -0.3 is 15.0 Å². The Morgan fingerprint density at radius 1 is 1.18 bits per heavy atom. The Kier molecular flexibility index (Phi) is 6.58. The Morgan fingerprint density at radius 2 is 1.91 bits per heavy atom. The first kappa shape index (κ1) is 23.4. The SMILES string of the molecule is COC(=O)c1ccccc1NC(=O)CCS(=O)(=O)c1cc2c(cc1Br)CCN2C(=O)C1CC1. The highest BCUT2D eigenvalue weighted by molar-refractivity contribution is 9.10. The number of anilines is 2. The first-order chi connectivity index (χ1) is 15.7. The van der Waals surface area contributed by atoms with Crippen molar-refractivity contribution < 1.29 is 27.5 Å². The Balaban J connectivity index is 1.49. The van der Waals surface area contributed by atoms with Crippen LogP contribution in [0.15, 0.2) is 45.8 Å². The van der Waals surface area contributed by atoms with Crippen LogP contribution in [0.25, 0.3) is 0 Å². The number of esters is 1. The lowest BCUT2D eigenvalue weighted by molar-refractivity contribution is -0.119. The molecule has 1 aliphatic heterocycles. The van der Waals surface area contributed by atoms with E-state index >= 15 is 0 Å². The lowest BCUT2D eigenvalue weighted by atomic mass is 10.2. The number of nitrogens with one attached hydrogen (secondary N) is 1. The van der Waals surface area contributed by atoms with Crippen LogP contribution in [0, 0.1) is 5.92 Å². The summed E-state index contributed by atoms with van der Waals surface area (Å²) in [7, 11) is -2.58. The zero-order chi connectivity index (χ0) is 23.8. The molecule has 0 unspecified atom stereocenters. The summed E-state index contributed by atoms with van der Waals surface area (Å²) in [5, 5.41) is 2.58. The van der Waals surface area contributed by atoms with Gasteiger partial charge in [-0.25, -0.2) is 13.2 Å². The van der Waals surface area contributed by atoms with Gasteiger partial charge in [0.15, 0.2) is 9.84 Å². The van der Waals surface area contributed by atoms with Crippen LogP contribution in [0.5, 0.6) is 0 Å². The average molecular weight is 535 g/mol. The van der Waals surface area contributed by atoms with Crippen molar-refractivity contribution in [1.82, 2.24) is 0 Å². The summed E-state index contributed by atoms with van der Waals surface area (Å²) < 4.78 is 31.3. The molecule has 1 N–H and O–H groups in total. The maximum Gasteiger partial charge on any atom is 0.339 e. The molecule has 1 heterocycles. The molecule has 33 heavy (non-hydrogen) atoms. The fraction of sp³-hybridized carbons (Fsp3) is 0.348. The molecule has 0 bridgehead atoms. The number of ether oxygens (including phenoxy) is 1. The first-order valence-corrected chi connectivity index (χ1v) is 13.0. The maximum atomic E-state index is 13.1. The van der Waals surface area contributed by atoms with Crippen LogP contribution in [0.2, 0.25) is 0 Å². The van der Waals surface area contributed by atoms with Crippen LogP contribution in [-0.4, -0.2) is 45.6 Å². The van der Waals surface area contributed by atoms with E-state index in [1.165, 1.54) is 19.2 Å². The molecule has 1 saturated carbocycles. The van der Waals surface area contributed by atoms with Crippen LogP contribution in [0.3, 0.4) is 0 Å². The maximum absolute atomic E-state index is 13.1. The van der Waals surface area contributed by atoms with Crippen LogP contribution >= 0.6 is 15.9 Å². The second kappa shape index (κ2) is 9.26. The number of sulfone groups is 1. The largest absolute Gasteiger partial charge is 0.465 e. The number of methoxy groups -OCH3 is 1. The zero-order valence-electron chi connectivity index (χ0n) is 18.0. The molecular formula is C23H23BrN2O6S. The molecule has 0 saturated heterocycles. The zero-order valence-corrected chi connectivity index (χ0v) is 20.4. The van der Waals surface area contributed by atoms with Gasteiger partial charge in [0.05, 0.1) is 29.0 Å². The van der Waals surface area contributed by atoms with Crippen LogP contribution in [0.1, 0.15) is 35.2 Å². The third kappa shape index (κ3) is 4.96. The minimum absolute atomic E-state index is 0.0382. The van der Waals surface area contributed by atoms with Crippen molar-refractivity contribution in [3.05, 3.63) is 52.0 Å². The Morgan fingerprint density at radius 3 is 2.61 bits per heavy atom. The highest BCUT2D eigenvalue weighted by atomic mass is 79.9. The summed E-state index contributed by atoms with van der Waals surface area (Å²) in [6.07, 6.45) is 2.13. The Bertz CT molecular complexity index is 1240. The molecule has 174 valence electrons. The monoisotopic (exact) mass is 534 g/mol. The number of carbonyl (C=O) groups is 3. The van der Waals surface area contributed by atoms with Gasteiger partial charge in [-0.15, -0.1) is 0 Å². The second-order valence-corrected chi connectivity index (χ2v) is 11.0. The highest BCUT2D eigenvalue weighted by Crippen LogP contribution is 2.39. The van der Waals surface area contributed by atoms with Crippen molar-refractivity contribution in [2.24, 2.45) is 5.92 Å². The first-order valence-electron chi connectivity index (χ1n) is 10.5. The third-order valence-electron chi connectivity index (χ3n) is 5.76. The summed E-state index contributed by atoms with van der Waals surface area (Å²) >= 11 is 3.34. The van der Waals surface area contributed by atoms with E-state index in [0.29, 0.717) is 23.1 Å². The smallest absolute Gasteiger partial charge is 0.339 e. The number of rotatable bonds is 7. The molecule has 4 rings (SSSR count).